The van der Waals surface area contributed by atoms with Crippen LogP contribution in [0.25, 0.3) is 0 Å². The molecule has 2 aromatic rings. The van der Waals surface area contributed by atoms with E-state index in [1.54, 1.807) is 18.2 Å². The zero-order valence-corrected chi connectivity index (χ0v) is 14.5. The highest BCUT2D eigenvalue weighted by atomic mass is 127. The van der Waals surface area contributed by atoms with Gasteiger partial charge in [-0.3, -0.25) is 0 Å². The van der Waals surface area contributed by atoms with Gasteiger partial charge in [0.15, 0.2) is 9.84 Å². The van der Waals surface area contributed by atoms with Gasteiger partial charge in [-0.05, 0) is 52.9 Å². The van der Waals surface area contributed by atoms with Gasteiger partial charge in [0.1, 0.15) is 0 Å². The average molecular weight is 422 g/mol. The van der Waals surface area contributed by atoms with Gasteiger partial charge in [-0.2, -0.15) is 0 Å². The van der Waals surface area contributed by atoms with Gasteiger partial charge in [0.05, 0.1) is 4.90 Å². The first-order chi connectivity index (χ1) is 9.38. The van der Waals surface area contributed by atoms with Crippen LogP contribution in [0.1, 0.15) is 5.56 Å². The summed E-state index contributed by atoms with van der Waals surface area (Å²) in [6, 6.07) is 12.8. The smallest absolute Gasteiger partial charge is 0.175 e. The van der Waals surface area contributed by atoms with Gasteiger partial charge >= 0.3 is 0 Å². The highest BCUT2D eigenvalue weighted by molar-refractivity contribution is 14.1. The molecule has 0 aliphatic rings. The van der Waals surface area contributed by atoms with Crippen LogP contribution in [0, 0.1) is 3.57 Å². The molecule has 0 aliphatic carbocycles. The van der Waals surface area contributed by atoms with Crippen molar-refractivity contribution in [3.63, 3.8) is 0 Å². The third-order valence-corrected chi connectivity index (χ3v) is 4.98. The first-order valence-corrected chi connectivity index (χ1v) is 9.19. The Bertz CT molecular complexity index is 732. The van der Waals surface area contributed by atoms with Crippen LogP contribution in [0.4, 0.5) is 5.69 Å². The molecule has 0 unspecified atom stereocenters. The van der Waals surface area contributed by atoms with Crippen LogP contribution in [-0.4, -0.2) is 14.7 Å². The molecule has 0 aliphatic heterocycles. The quantitative estimate of drug-likeness (QED) is 0.760. The molecule has 0 aromatic heterocycles. The van der Waals surface area contributed by atoms with Gasteiger partial charge in [0.2, 0.25) is 0 Å². The molecule has 3 nitrogen and oxygen atoms in total. The van der Waals surface area contributed by atoms with E-state index in [4.69, 9.17) is 11.6 Å². The van der Waals surface area contributed by atoms with Crippen LogP contribution < -0.4 is 5.32 Å². The summed E-state index contributed by atoms with van der Waals surface area (Å²) in [4.78, 5) is 0.267. The maximum absolute atomic E-state index is 11.8. The van der Waals surface area contributed by atoms with Crippen LogP contribution in [0.2, 0.25) is 5.02 Å². The van der Waals surface area contributed by atoms with Crippen molar-refractivity contribution in [2.24, 2.45) is 0 Å². The molecule has 0 amide bonds. The van der Waals surface area contributed by atoms with Crippen molar-refractivity contribution in [1.29, 1.82) is 0 Å². The third-order valence-electron chi connectivity index (χ3n) is 2.77. The Morgan fingerprint density at radius 3 is 2.55 bits per heavy atom. The molecule has 6 heteroatoms. The second-order valence-electron chi connectivity index (χ2n) is 4.35. The molecule has 106 valence electrons. The molecule has 0 fully saturated rings. The summed E-state index contributed by atoms with van der Waals surface area (Å²) in [7, 11) is -3.29. The van der Waals surface area contributed by atoms with Crippen molar-refractivity contribution < 1.29 is 8.42 Å². The number of hydrogen-bond acceptors (Lipinski definition) is 3. The van der Waals surface area contributed by atoms with Crippen LogP contribution in [0.5, 0.6) is 0 Å². The second kappa shape index (κ2) is 6.32. The van der Waals surface area contributed by atoms with Gasteiger partial charge < -0.3 is 5.32 Å². The summed E-state index contributed by atoms with van der Waals surface area (Å²) in [6.45, 7) is 0.363. The second-order valence-corrected chi connectivity index (χ2v) is 7.99. The molecule has 0 heterocycles. The zero-order valence-electron chi connectivity index (χ0n) is 10.7. The van der Waals surface area contributed by atoms with Crippen LogP contribution in [0.15, 0.2) is 47.4 Å². The molecule has 0 bridgehead atoms. The van der Waals surface area contributed by atoms with E-state index in [-0.39, 0.29) is 4.90 Å². The minimum Gasteiger partial charge on any atom is -0.381 e. The van der Waals surface area contributed by atoms with Gasteiger partial charge in [0, 0.05) is 32.6 Å². The standard InChI is InChI=1S/C14H13ClINO2S/c1-20(18,19)14-7-3-6-13(15)12(14)9-17-11-5-2-4-10(16)8-11/h2-8,17H,9H2,1H3. The number of anilines is 1. The van der Waals surface area contributed by atoms with E-state index in [0.29, 0.717) is 17.1 Å². The van der Waals surface area contributed by atoms with E-state index in [1.165, 1.54) is 6.26 Å². The lowest BCUT2D eigenvalue weighted by molar-refractivity contribution is 0.601. The molecule has 0 saturated carbocycles. The van der Waals surface area contributed by atoms with Gasteiger partial charge in [-0.1, -0.05) is 23.7 Å². The summed E-state index contributed by atoms with van der Waals surface area (Å²) in [6.07, 6.45) is 1.19. The number of rotatable bonds is 4. The molecule has 0 saturated heterocycles. The third kappa shape index (κ3) is 3.86. The van der Waals surface area contributed by atoms with Crippen molar-refractivity contribution in [2.75, 3.05) is 11.6 Å². The summed E-state index contributed by atoms with van der Waals surface area (Å²) >= 11 is 8.35. The average Bonchev–Trinajstić information content (AvgIpc) is 2.36. The van der Waals surface area contributed by atoms with E-state index in [0.717, 1.165) is 9.26 Å². The van der Waals surface area contributed by atoms with Gasteiger partial charge in [-0.25, -0.2) is 8.42 Å². The largest absolute Gasteiger partial charge is 0.381 e. The van der Waals surface area contributed by atoms with Gasteiger partial charge in [0.25, 0.3) is 0 Å². The molecule has 2 aromatic carbocycles. The number of hydrogen-bond donors (Lipinski definition) is 1. The molecule has 0 spiro atoms. The number of halogens is 2. The van der Waals surface area contributed by atoms with Crippen molar-refractivity contribution in [3.8, 4) is 0 Å². The zero-order chi connectivity index (χ0) is 14.8. The Kier molecular flexibility index (Phi) is 4.93. The van der Waals surface area contributed by atoms with Crippen molar-refractivity contribution in [2.45, 2.75) is 11.4 Å². The lowest BCUT2D eigenvalue weighted by atomic mass is 10.2. The maximum atomic E-state index is 11.8. The topological polar surface area (TPSA) is 46.2 Å². The van der Waals surface area contributed by atoms with E-state index in [1.807, 2.05) is 24.3 Å². The Labute approximate surface area is 137 Å². The highest BCUT2D eigenvalue weighted by Crippen LogP contribution is 2.25. The minimum atomic E-state index is -3.29. The SMILES string of the molecule is CS(=O)(=O)c1cccc(Cl)c1CNc1cccc(I)c1. The summed E-state index contributed by atoms with van der Waals surface area (Å²) in [5.41, 5.74) is 1.52. The lowest BCUT2D eigenvalue weighted by Crippen LogP contribution is -2.07. The summed E-state index contributed by atoms with van der Waals surface area (Å²) in [5.74, 6) is 0. The molecule has 20 heavy (non-hydrogen) atoms. The monoisotopic (exact) mass is 421 g/mol. The Morgan fingerprint density at radius 1 is 1.20 bits per heavy atom. The normalized spacial score (nSPS) is 11.3. The molecule has 1 N–H and O–H groups in total. The first-order valence-electron chi connectivity index (χ1n) is 5.85. The molecule has 0 atom stereocenters. The number of nitrogens with one attached hydrogen (secondary N) is 1. The molecular weight excluding hydrogens is 409 g/mol. The summed E-state index contributed by atoms with van der Waals surface area (Å²) < 4.78 is 24.7. The fourth-order valence-electron chi connectivity index (χ4n) is 1.85. The van der Waals surface area contributed by atoms with Crippen molar-refractivity contribution >= 4 is 49.7 Å². The molecular formula is C14H13ClINO2S. The maximum Gasteiger partial charge on any atom is 0.175 e. The first kappa shape index (κ1) is 15.6. The fraction of sp³-hybridized carbons (Fsp3) is 0.143. The van der Waals surface area contributed by atoms with E-state index >= 15 is 0 Å². The van der Waals surface area contributed by atoms with E-state index < -0.39 is 9.84 Å². The van der Waals surface area contributed by atoms with E-state index in [2.05, 4.69) is 27.9 Å². The van der Waals surface area contributed by atoms with Gasteiger partial charge in [-0.15, -0.1) is 0 Å². The highest BCUT2D eigenvalue weighted by Gasteiger charge is 2.15. The predicted molar refractivity (Wildman–Crippen MR) is 91.0 cm³/mol. The van der Waals surface area contributed by atoms with Crippen molar-refractivity contribution in [3.05, 3.63) is 56.6 Å². The summed E-state index contributed by atoms with van der Waals surface area (Å²) in [5, 5.41) is 3.65. The van der Waals surface area contributed by atoms with Crippen molar-refractivity contribution in [1.82, 2.24) is 0 Å². The van der Waals surface area contributed by atoms with Crippen LogP contribution >= 0.6 is 34.2 Å². The van der Waals surface area contributed by atoms with Crippen LogP contribution in [-0.2, 0) is 16.4 Å². The Balaban J connectivity index is 2.30. The fourth-order valence-corrected chi connectivity index (χ4v) is 3.64. The minimum absolute atomic E-state index is 0.267. The van der Waals surface area contributed by atoms with E-state index in [9.17, 15) is 8.42 Å². The molecule has 0 radical (unpaired) electrons. The Morgan fingerprint density at radius 2 is 1.90 bits per heavy atom. The molecule has 2 rings (SSSR count). The number of sulfone groups is 1. The van der Waals surface area contributed by atoms with Crippen LogP contribution in [0.3, 0.4) is 0 Å². The number of benzene rings is 2. The Hall–Kier alpha value is -0.790. The lowest BCUT2D eigenvalue weighted by Gasteiger charge is -2.12. The predicted octanol–water partition coefficient (Wildman–Crippen LogP) is 3.96.